The van der Waals surface area contributed by atoms with Crippen LogP contribution in [0.15, 0.2) is 109 Å². The molecule has 0 radical (unpaired) electrons. The number of benzene rings is 4. The van der Waals surface area contributed by atoms with E-state index >= 15 is 0 Å². The number of likely N-dealkylation sites (tertiary alicyclic amines) is 1. The maximum atomic E-state index is 6.48. The molecule has 1 aliphatic heterocycles. The normalized spacial score (nSPS) is 16.4. The first-order chi connectivity index (χ1) is 20.8. The van der Waals surface area contributed by atoms with Crippen molar-refractivity contribution in [2.75, 3.05) is 47.4 Å². The minimum absolute atomic E-state index is 0.455. The molecule has 1 fully saturated rings. The zero-order chi connectivity index (χ0) is 30.5. The summed E-state index contributed by atoms with van der Waals surface area (Å²) < 4.78 is 12.4. The summed E-state index contributed by atoms with van der Waals surface area (Å²) in [5.41, 5.74) is 4.41. The van der Waals surface area contributed by atoms with Crippen molar-refractivity contribution in [3.8, 4) is 5.75 Å². The Bertz CT molecular complexity index is 1350. The molecule has 0 aromatic heterocycles. The third kappa shape index (κ3) is 9.94. The van der Waals surface area contributed by atoms with Gasteiger partial charge in [-0.05, 0) is 94.3 Å². The van der Waals surface area contributed by atoms with Crippen molar-refractivity contribution in [3.63, 3.8) is 0 Å². The Morgan fingerprint density at radius 3 is 2.09 bits per heavy atom. The van der Waals surface area contributed by atoms with Crippen LogP contribution in [0.1, 0.15) is 48.4 Å². The van der Waals surface area contributed by atoms with Crippen molar-refractivity contribution in [2.45, 2.75) is 44.2 Å². The Hall–Kier alpha value is -3.15. The molecular weight excluding hydrogens is 552 g/mol. The second-order valence-electron chi connectivity index (χ2n) is 11.7. The number of hydrogen-bond donors (Lipinski definition) is 0. The lowest BCUT2D eigenvalue weighted by molar-refractivity contribution is -0.0117. The van der Waals surface area contributed by atoms with Crippen LogP contribution in [0.4, 0.5) is 0 Å². The first-order valence-corrected chi connectivity index (χ1v) is 15.8. The van der Waals surface area contributed by atoms with Gasteiger partial charge in [-0.25, -0.2) is 0 Å². The number of hydrogen-bond acceptors (Lipinski definition) is 4. The van der Waals surface area contributed by atoms with Gasteiger partial charge in [0.15, 0.2) is 0 Å². The maximum Gasteiger partial charge on any atom is 0.122 e. The minimum Gasteiger partial charge on any atom is -0.492 e. The van der Waals surface area contributed by atoms with Gasteiger partial charge in [0.1, 0.15) is 18.0 Å². The highest BCUT2D eigenvalue weighted by Crippen LogP contribution is 2.34. The van der Waals surface area contributed by atoms with Crippen LogP contribution in [-0.2, 0) is 16.8 Å². The van der Waals surface area contributed by atoms with Gasteiger partial charge >= 0.3 is 0 Å². The fourth-order valence-electron chi connectivity index (χ4n) is 5.55. The molecule has 1 aliphatic rings. The molecule has 4 aromatic rings. The molecule has 2 atom stereocenters. The highest BCUT2D eigenvalue weighted by Gasteiger charge is 2.30. The van der Waals surface area contributed by atoms with Crippen LogP contribution >= 0.6 is 11.6 Å². The maximum absolute atomic E-state index is 6.48. The molecule has 4 nitrogen and oxygen atoms in total. The molecular formula is C38H47ClN2O2. The van der Waals surface area contributed by atoms with Gasteiger partial charge in [-0.3, -0.25) is 0 Å². The molecule has 0 amide bonds. The molecule has 4 aromatic carbocycles. The van der Waals surface area contributed by atoms with Crippen molar-refractivity contribution < 1.29 is 9.47 Å². The third-order valence-electron chi connectivity index (χ3n) is 8.24. The summed E-state index contributed by atoms with van der Waals surface area (Å²) in [4.78, 5) is 4.57. The summed E-state index contributed by atoms with van der Waals surface area (Å²) in [5, 5.41) is 0.752. The van der Waals surface area contributed by atoms with E-state index in [1.807, 2.05) is 36.4 Å². The standard InChI is InChI=1S/C21H26ClNO.C17H21NO/c1-21(17-7-4-3-5-8-17,18-10-12-19(22)13-11-18)24-16-14-20-9-6-15-23(20)2;1-18(2)12-13-19-17-11-7-6-10-16(17)14-15-8-4-3-5-9-15/h3-5,7-8,10-13,20H,6,9,14-16H2,1-2H3;3-11H,12-14H2,1-2H3/t20-,21-;/m1./s1. The summed E-state index contributed by atoms with van der Waals surface area (Å²) in [5.74, 6) is 0.994. The van der Waals surface area contributed by atoms with E-state index in [9.17, 15) is 0 Å². The van der Waals surface area contributed by atoms with Gasteiger partial charge in [-0.2, -0.15) is 0 Å². The Morgan fingerprint density at radius 1 is 0.814 bits per heavy atom. The van der Waals surface area contributed by atoms with E-state index in [1.165, 1.54) is 36.1 Å². The fraction of sp³-hybridized carbons (Fsp3) is 0.368. The summed E-state index contributed by atoms with van der Waals surface area (Å²) in [6.07, 6.45) is 4.57. The molecule has 0 aliphatic carbocycles. The predicted molar refractivity (Wildman–Crippen MR) is 180 cm³/mol. The van der Waals surface area contributed by atoms with E-state index < -0.39 is 5.60 Å². The Morgan fingerprint density at radius 2 is 1.44 bits per heavy atom. The molecule has 5 heteroatoms. The second kappa shape index (κ2) is 16.6. The average molecular weight is 599 g/mol. The highest BCUT2D eigenvalue weighted by molar-refractivity contribution is 6.30. The van der Waals surface area contributed by atoms with Gasteiger partial charge < -0.3 is 19.3 Å². The zero-order valence-electron chi connectivity index (χ0n) is 26.2. The molecule has 228 valence electrons. The van der Waals surface area contributed by atoms with Gasteiger partial charge in [-0.1, -0.05) is 103 Å². The number of nitrogens with zero attached hydrogens (tertiary/aromatic N) is 2. The molecule has 0 spiro atoms. The molecule has 0 bridgehead atoms. The smallest absolute Gasteiger partial charge is 0.122 e. The van der Waals surface area contributed by atoms with Crippen molar-refractivity contribution in [1.82, 2.24) is 9.80 Å². The van der Waals surface area contributed by atoms with Crippen molar-refractivity contribution in [1.29, 1.82) is 0 Å². The Labute approximate surface area is 264 Å². The lowest BCUT2D eigenvalue weighted by Crippen LogP contribution is -2.31. The van der Waals surface area contributed by atoms with Crippen LogP contribution in [0.3, 0.4) is 0 Å². The SMILES string of the molecule is CN(C)CCOc1ccccc1Cc1ccccc1.CN1CCC[C@@H]1CCO[C@](C)(c1ccccc1)c1ccc(Cl)cc1. The molecule has 1 heterocycles. The second-order valence-corrected chi connectivity index (χ2v) is 12.2. The van der Waals surface area contributed by atoms with Crippen LogP contribution in [0.25, 0.3) is 0 Å². The van der Waals surface area contributed by atoms with Gasteiger partial charge in [0.2, 0.25) is 0 Å². The van der Waals surface area contributed by atoms with E-state index in [0.29, 0.717) is 6.04 Å². The van der Waals surface area contributed by atoms with Crippen LogP contribution in [0.5, 0.6) is 5.75 Å². The van der Waals surface area contributed by atoms with Crippen molar-refractivity contribution in [2.24, 2.45) is 0 Å². The van der Waals surface area contributed by atoms with Gasteiger partial charge in [0, 0.05) is 30.6 Å². The number of para-hydroxylation sites is 1. The Balaban J connectivity index is 0.000000203. The lowest BCUT2D eigenvalue weighted by Gasteiger charge is -2.32. The molecule has 1 saturated heterocycles. The van der Waals surface area contributed by atoms with E-state index in [-0.39, 0.29) is 0 Å². The number of likely N-dealkylation sites (N-methyl/N-ethyl adjacent to an activating group) is 1. The van der Waals surface area contributed by atoms with Crippen LogP contribution in [-0.4, -0.2) is 63.3 Å². The quantitative estimate of drug-likeness (QED) is 0.164. The number of rotatable bonds is 12. The summed E-state index contributed by atoms with van der Waals surface area (Å²) >= 11 is 6.07. The predicted octanol–water partition coefficient (Wildman–Crippen LogP) is 8.32. The van der Waals surface area contributed by atoms with E-state index in [0.717, 1.165) is 48.9 Å². The van der Waals surface area contributed by atoms with E-state index in [2.05, 4.69) is 111 Å². The van der Waals surface area contributed by atoms with Crippen LogP contribution in [0.2, 0.25) is 5.02 Å². The number of ether oxygens (including phenoxy) is 2. The zero-order valence-corrected chi connectivity index (χ0v) is 27.0. The average Bonchev–Trinajstić information content (AvgIpc) is 3.43. The largest absolute Gasteiger partial charge is 0.492 e. The molecule has 0 unspecified atom stereocenters. The fourth-order valence-corrected chi connectivity index (χ4v) is 5.67. The highest BCUT2D eigenvalue weighted by atomic mass is 35.5. The third-order valence-corrected chi connectivity index (χ3v) is 8.49. The first-order valence-electron chi connectivity index (χ1n) is 15.4. The monoisotopic (exact) mass is 598 g/mol. The van der Waals surface area contributed by atoms with Gasteiger partial charge in [0.05, 0.1) is 0 Å². The molecule has 0 saturated carbocycles. The Kier molecular flexibility index (Phi) is 12.7. The van der Waals surface area contributed by atoms with Gasteiger partial charge in [-0.15, -0.1) is 0 Å². The van der Waals surface area contributed by atoms with Crippen LogP contribution in [0, 0.1) is 0 Å². The van der Waals surface area contributed by atoms with E-state index in [4.69, 9.17) is 21.1 Å². The number of halogens is 1. The van der Waals surface area contributed by atoms with Crippen LogP contribution < -0.4 is 4.74 Å². The van der Waals surface area contributed by atoms with E-state index in [1.54, 1.807) is 0 Å². The van der Waals surface area contributed by atoms with Crippen molar-refractivity contribution in [3.05, 3.63) is 136 Å². The van der Waals surface area contributed by atoms with Crippen molar-refractivity contribution >= 4 is 11.6 Å². The molecule has 5 rings (SSSR count). The van der Waals surface area contributed by atoms with Gasteiger partial charge in [0.25, 0.3) is 0 Å². The lowest BCUT2D eigenvalue weighted by atomic mass is 9.88. The topological polar surface area (TPSA) is 24.9 Å². The summed E-state index contributed by atoms with van der Waals surface area (Å²) in [6.45, 7) is 5.77. The summed E-state index contributed by atoms with van der Waals surface area (Å²) in [7, 11) is 6.33. The molecule has 0 N–H and O–H groups in total. The first kappa shape index (κ1) is 32.8. The minimum atomic E-state index is -0.455. The molecule has 43 heavy (non-hydrogen) atoms. The summed E-state index contributed by atoms with van der Waals surface area (Å²) in [6, 6.07) is 37.9.